The zero-order chi connectivity index (χ0) is 21.8. The molecule has 5 nitrogen and oxygen atoms in total. The molecular weight excluding hydrogens is 466 g/mol. The maximum absolute atomic E-state index is 12.6. The fraction of sp³-hybridized carbons (Fsp3) is 0.130. The first kappa shape index (κ1) is 21.7. The fourth-order valence-electron chi connectivity index (χ4n) is 3.16. The highest BCUT2D eigenvalue weighted by Gasteiger charge is 2.15. The number of amides is 1. The number of aromatic nitrogens is 1. The molecule has 0 bridgehead atoms. The van der Waals surface area contributed by atoms with Gasteiger partial charge < -0.3 is 14.6 Å². The summed E-state index contributed by atoms with van der Waals surface area (Å²) in [6.07, 6.45) is 1.59. The van der Waals surface area contributed by atoms with E-state index in [1.807, 2.05) is 48.7 Å². The van der Waals surface area contributed by atoms with Crippen molar-refractivity contribution in [2.75, 3.05) is 12.4 Å². The SMILES string of the molecule is COc1cccc(NC(=O)/C(C#N)=C\c2cc(C)n(-c3ccc(Br)c(Cl)c3)c2C)c1. The van der Waals surface area contributed by atoms with Crippen LogP contribution in [0.3, 0.4) is 0 Å². The summed E-state index contributed by atoms with van der Waals surface area (Å²) >= 11 is 9.64. The number of aryl methyl sites for hydroxylation is 1. The van der Waals surface area contributed by atoms with Crippen LogP contribution >= 0.6 is 27.5 Å². The standard InChI is InChI=1S/C23H19BrClN3O2/c1-14-9-16(15(2)28(14)19-7-8-21(24)22(25)12-19)10-17(13-26)23(29)27-18-5-4-6-20(11-18)30-3/h4-12H,1-3H3,(H,27,29)/b17-10-. The van der Waals surface area contributed by atoms with Gasteiger partial charge in [-0.3, -0.25) is 4.79 Å². The molecular formula is C23H19BrClN3O2. The highest BCUT2D eigenvalue weighted by Crippen LogP contribution is 2.28. The second-order valence-electron chi connectivity index (χ2n) is 6.62. The second-order valence-corrected chi connectivity index (χ2v) is 7.88. The zero-order valence-electron chi connectivity index (χ0n) is 16.7. The van der Waals surface area contributed by atoms with Gasteiger partial charge >= 0.3 is 0 Å². The van der Waals surface area contributed by atoms with Crippen molar-refractivity contribution < 1.29 is 9.53 Å². The maximum atomic E-state index is 12.6. The first-order valence-electron chi connectivity index (χ1n) is 9.05. The molecule has 7 heteroatoms. The van der Waals surface area contributed by atoms with Crippen LogP contribution in [-0.2, 0) is 4.79 Å². The Labute approximate surface area is 188 Å². The Balaban J connectivity index is 1.93. The summed E-state index contributed by atoms with van der Waals surface area (Å²) in [4.78, 5) is 12.6. The minimum Gasteiger partial charge on any atom is -0.497 e. The lowest BCUT2D eigenvalue weighted by Gasteiger charge is -2.11. The Kier molecular flexibility index (Phi) is 6.66. The molecule has 0 radical (unpaired) electrons. The van der Waals surface area contributed by atoms with Crippen molar-refractivity contribution in [3.05, 3.63) is 80.6 Å². The smallest absolute Gasteiger partial charge is 0.266 e. The number of nitrogens with one attached hydrogen (secondary N) is 1. The average Bonchev–Trinajstić information content (AvgIpc) is 3.01. The lowest BCUT2D eigenvalue weighted by Crippen LogP contribution is -2.13. The van der Waals surface area contributed by atoms with Crippen molar-refractivity contribution in [3.63, 3.8) is 0 Å². The Bertz CT molecular complexity index is 1190. The van der Waals surface area contributed by atoms with E-state index >= 15 is 0 Å². The van der Waals surface area contributed by atoms with Crippen LogP contribution < -0.4 is 10.1 Å². The Hall–Kier alpha value is -3.01. The summed E-state index contributed by atoms with van der Waals surface area (Å²) in [5, 5.41) is 12.9. The molecule has 0 aliphatic carbocycles. The molecule has 3 rings (SSSR count). The Morgan fingerprint density at radius 3 is 2.67 bits per heavy atom. The van der Waals surface area contributed by atoms with E-state index in [1.54, 1.807) is 37.5 Å². The third-order valence-corrected chi connectivity index (χ3v) is 5.86. The summed E-state index contributed by atoms with van der Waals surface area (Å²) in [5.41, 5.74) is 4.10. The molecule has 0 atom stereocenters. The summed E-state index contributed by atoms with van der Waals surface area (Å²) in [5.74, 6) is 0.134. The Morgan fingerprint density at radius 2 is 2.00 bits per heavy atom. The first-order chi connectivity index (χ1) is 14.3. The van der Waals surface area contributed by atoms with E-state index in [-0.39, 0.29) is 5.57 Å². The van der Waals surface area contributed by atoms with Gasteiger partial charge in [-0.25, -0.2) is 0 Å². The van der Waals surface area contributed by atoms with Crippen LogP contribution in [0.5, 0.6) is 5.75 Å². The highest BCUT2D eigenvalue weighted by atomic mass is 79.9. The fourth-order valence-corrected chi connectivity index (χ4v) is 3.58. The lowest BCUT2D eigenvalue weighted by atomic mass is 10.1. The van der Waals surface area contributed by atoms with Crippen molar-refractivity contribution in [1.29, 1.82) is 5.26 Å². The number of halogens is 2. The average molecular weight is 485 g/mol. The van der Waals surface area contributed by atoms with Gasteiger partial charge in [0, 0.05) is 33.3 Å². The molecule has 0 saturated heterocycles. The van der Waals surface area contributed by atoms with E-state index in [0.29, 0.717) is 16.5 Å². The van der Waals surface area contributed by atoms with Crippen LogP contribution in [0.4, 0.5) is 5.69 Å². The molecule has 0 unspecified atom stereocenters. The predicted molar refractivity (Wildman–Crippen MR) is 123 cm³/mol. The summed E-state index contributed by atoms with van der Waals surface area (Å²) in [7, 11) is 1.55. The largest absolute Gasteiger partial charge is 0.497 e. The Morgan fingerprint density at radius 1 is 1.23 bits per heavy atom. The molecule has 0 saturated carbocycles. The van der Waals surface area contributed by atoms with Crippen molar-refractivity contribution in [2.24, 2.45) is 0 Å². The van der Waals surface area contributed by atoms with E-state index in [0.717, 1.165) is 27.1 Å². The number of hydrogen-bond donors (Lipinski definition) is 1. The highest BCUT2D eigenvalue weighted by molar-refractivity contribution is 9.10. The van der Waals surface area contributed by atoms with E-state index in [4.69, 9.17) is 16.3 Å². The van der Waals surface area contributed by atoms with Crippen LogP contribution in [0.2, 0.25) is 5.02 Å². The molecule has 0 aliphatic heterocycles. The molecule has 1 N–H and O–H groups in total. The van der Waals surface area contributed by atoms with Gasteiger partial charge in [0.15, 0.2) is 0 Å². The minimum atomic E-state index is -0.484. The molecule has 0 aliphatic rings. The van der Waals surface area contributed by atoms with E-state index < -0.39 is 5.91 Å². The normalized spacial score (nSPS) is 11.1. The van der Waals surface area contributed by atoms with Gasteiger partial charge in [-0.05, 0) is 77.8 Å². The van der Waals surface area contributed by atoms with Crippen molar-refractivity contribution >= 4 is 45.2 Å². The molecule has 152 valence electrons. The number of carbonyl (C=O) groups excluding carboxylic acids is 1. The van der Waals surface area contributed by atoms with Gasteiger partial charge in [0.2, 0.25) is 0 Å². The third-order valence-electron chi connectivity index (χ3n) is 4.62. The number of hydrogen-bond acceptors (Lipinski definition) is 3. The number of anilines is 1. The van der Waals surface area contributed by atoms with Crippen molar-refractivity contribution in [3.8, 4) is 17.5 Å². The number of nitrogens with zero attached hydrogens (tertiary/aromatic N) is 2. The molecule has 30 heavy (non-hydrogen) atoms. The number of methoxy groups -OCH3 is 1. The summed E-state index contributed by atoms with van der Waals surface area (Å²) in [6, 6.07) is 16.6. The van der Waals surface area contributed by atoms with E-state index in [9.17, 15) is 10.1 Å². The molecule has 3 aromatic rings. The van der Waals surface area contributed by atoms with Crippen molar-refractivity contribution in [2.45, 2.75) is 13.8 Å². The molecule has 0 fully saturated rings. The minimum absolute atomic E-state index is 0.00640. The van der Waals surface area contributed by atoms with Crippen LogP contribution in [0, 0.1) is 25.2 Å². The predicted octanol–water partition coefficient (Wildman–Crippen LogP) is 6.06. The zero-order valence-corrected chi connectivity index (χ0v) is 19.0. The number of ether oxygens (including phenoxy) is 1. The van der Waals surface area contributed by atoms with Gasteiger partial charge in [0.1, 0.15) is 17.4 Å². The number of rotatable bonds is 5. The second kappa shape index (κ2) is 9.21. The van der Waals surface area contributed by atoms with Gasteiger partial charge in [-0.1, -0.05) is 17.7 Å². The van der Waals surface area contributed by atoms with E-state index in [2.05, 4.69) is 21.2 Å². The summed E-state index contributed by atoms with van der Waals surface area (Å²) < 4.78 is 8.01. The van der Waals surface area contributed by atoms with Crippen LogP contribution in [0.25, 0.3) is 11.8 Å². The van der Waals surface area contributed by atoms with Gasteiger partial charge in [0.25, 0.3) is 5.91 Å². The quantitative estimate of drug-likeness (QED) is 0.353. The molecule has 2 aromatic carbocycles. The van der Waals surface area contributed by atoms with Crippen LogP contribution in [0.1, 0.15) is 17.0 Å². The molecule has 1 amide bonds. The monoisotopic (exact) mass is 483 g/mol. The summed E-state index contributed by atoms with van der Waals surface area (Å²) in [6.45, 7) is 3.90. The number of benzene rings is 2. The lowest BCUT2D eigenvalue weighted by molar-refractivity contribution is -0.112. The van der Waals surface area contributed by atoms with E-state index in [1.165, 1.54) is 0 Å². The van der Waals surface area contributed by atoms with Gasteiger partial charge in [-0.2, -0.15) is 5.26 Å². The van der Waals surface area contributed by atoms with Gasteiger partial charge in [0.05, 0.1) is 12.1 Å². The third kappa shape index (κ3) is 4.59. The molecule has 1 aromatic heterocycles. The topological polar surface area (TPSA) is 67.0 Å². The van der Waals surface area contributed by atoms with Crippen LogP contribution in [0.15, 0.2) is 58.6 Å². The van der Waals surface area contributed by atoms with Gasteiger partial charge in [-0.15, -0.1) is 0 Å². The maximum Gasteiger partial charge on any atom is 0.266 e. The number of carbonyl (C=O) groups is 1. The molecule has 1 heterocycles. The number of nitriles is 1. The van der Waals surface area contributed by atoms with Crippen LogP contribution in [-0.4, -0.2) is 17.6 Å². The first-order valence-corrected chi connectivity index (χ1v) is 10.2. The molecule has 0 spiro atoms. The van der Waals surface area contributed by atoms with Crippen molar-refractivity contribution in [1.82, 2.24) is 4.57 Å².